The quantitative estimate of drug-likeness (QED) is 0.681. The van der Waals surface area contributed by atoms with Gasteiger partial charge in [-0.05, 0) is 35.4 Å². The lowest BCUT2D eigenvalue weighted by molar-refractivity contribution is -0.155. The molecule has 0 radical (unpaired) electrons. The molecule has 0 aliphatic carbocycles. The molecule has 28 heavy (non-hydrogen) atoms. The molecule has 2 aromatic rings. The molecular formula is C20H19Cl4NO3. The molecule has 1 amide bonds. The van der Waals surface area contributed by atoms with Crippen LogP contribution in [0.15, 0.2) is 36.4 Å². The Hall–Kier alpha value is -1.01. The Labute approximate surface area is 183 Å². The molecule has 1 saturated heterocycles. The molecule has 4 nitrogen and oxygen atoms in total. The van der Waals surface area contributed by atoms with Gasteiger partial charge in [-0.25, -0.2) is 0 Å². The summed E-state index contributed by atoms with van der Waals surface area (Å²) in [7, 11) is 0. The second-order valence-electron chi connectivity index (χ2n) is 6.64. The number of halogens is 4. The Balaban J connectivity index is 1.85. The average molecular weight is 463 g/mol. The summed E-state index contributed by atoms with van der Waals surface area (Å²) in [4.78, 5) is 14.7. The number of hydrogen-bond acceptors (Lipinski definition) is 3. The number of aliphatic hydroxyl groups is 1. The lowest BCUT2D eigenvalue weighted by Crippen LogP contribution is -2.52. The van der Waals surface area contributed by atoms with E-state index in [1.165, 1.54) is 0 Å². The van der Waals surface area contributed by atoms with Gasteiger partial charge in [-0.3, -0.25) is 4.79 Å². The minimum atomic E-state index is -0.860. The van der Waals surface area contributed by atoms with E-state index in [2.05, 4.69) is 0 Å². The van der Waals surface area contributed by atoms with Gasteiger partial charge in [-0.2, -0.15) is 0 Å². The summed E-state index contributed by atoms with van der Waals surface area (Å²) < 4.78 is 6.06. The lowest BCUT2D eigenvalue weighted by atomic mass is 9.88. The molecule has 2 aromatic carbocycles. The lowest BCUT2D eigenvalue weighted by Gasteiger charge is -2.43. The number of hydrogen-bond donors (Lipinski definition) is 1. The summed E-state index contributed by atoms with van der Waals surface area (Å²) in [6.07, 6.45) is 0.413. The van der Waals surface area contributed by atoms with Crippen molar-refractivity contribution in [1.29, 1.82) is 0 Å². The maximum absolute atomic E-state index is 13.0. The van der Waals surface area contributed by atoms with E-state index < -0.39 is 5.60 Å². The van der Waals surface area contributed by atoms with Gasteiger partial charge in [-0.1, -0.05) is 58.5 Å². The first-order chi connectivity index (χ1) is 13.4. The van der Waals surface area contributed by atoms with Gasteiger partial charge >= 0.3 is 0 Å². The molecular weight excluding hydrogens is 444 g/mol. The number of carbonyl (C=O) groups is 1. The first-order valence-electron chi connectivity index (χ1n) is 8.77. The highest BCUT2D eigenvalue weighted by atomic mass is 35.5. The normalized spacial score (nSPS) is 19.7. The monoisotopic (exact) mass is 461 g/mol. The van der Waals surface area contributed by atoms with Gasteiger partial charge in [0.2, 0.25) is 5.91 Å². The van der Waals surface area contributed by atoms with Crippen molar-refractivity contribution in [3.63, 3.8) is 0 Å². The fraction of sp³-hybridized carbons (Fsp3) is 0.350. The van der Waals surface area contributed by atoms with Gasteiger partial charge < -0.3 is 14.7 Å². The van der Waals surface area contributed by atoms with E-state index in [9.17, 15) is 9.90 Å². The highest BCUT2D eigenvalue weighted by Gasteiger charge is 2.40. The fourth-order valence-corrected chi connectivity index (χ4v) is 4.22. The second kappa shape index (κ2) is 9.21. The molecule has 1 N–H and O–H groups in total. The van der Waals surface area contributed by atoms with Crippen LogP contribution in [0.5, 0.6) is 0 Å². The van der Waals surface area contributed by atoms with Crippen LogP contribution in [0.1, 0.15) is 17.5 Å². The summed E-state index contributed by atoms with van der Waals surface area (Å²) in [6.45, 7) is 0.961. The van der Waals surface area contributed by atoms with E-state index in [0.29, 0.717) is 45.2 Å². The van der Waals surface area contributed by atoms with Gasteiger partial charge in [0.15, 0.2) is 0 Å². The molecule has 1 aliphatic rings. The molecule has 3 rings (SSSR count). The number of morpholine rings is 1. The zero-order chi connectivity index (χ0) is 20.3. The van der Waals surface area contributed by atoms with Crippen molar-refractivity contribution in [1.82, 2.24) is 4.90 Å². The van der Waals surface area contributed by atoms with Crippen LogP contribution in [0, 0.1) is 0 Å². The van der Waals surface area contributed by atoms with Crippen LogP contribution >= 0.6 is 46.4 Å². The van der Waals surface area contributed by atoms with E-state index in [-0.39, 0.29) is 25.5 Å². The first kappa shape index (κ1) is 21.7. The molecule has 8 heteroatoms. The zero-order valence-corrected chi connectivity index (χ0v) is 18.0. The Morgan fingerprint density at radius 1 is 1.07 bits per heavy atom. The number of rotatable bonds is 5. The molecule has 0 saturated carbocycles. The molecule has 0 spiro atoms. The molecule has 0 bridgehead atoms. The maximum atomic E-state index is 13.0. The Bertz CT molecular complexity index is 852. The Morgan fingerprint density at radius 3 is 2.43 bits per heavy atom. The third-order valence-corrected chi connectivity index (χ3v) is 6.34. The van der Waals surface area contributed by atoms with Crippen molar-refractivity contribution in [3.05, 3.63) is 67.6 Å². The minimum absolute atomic E-state index is 0.0923. The summed E-state index contributed by atoms with van der Waals surface area (Å²) in [6, 6.07) is 10.4. The Kier molecular flexibility index (Phi) is 7.13. The standard InChI is InChI=1S/C20H19Cl4NO3/c21-15-2-1-3-16(22)14(15)11-19(27)25-7-9-28-20(12-25,6-8-26)13-4-5-17(23)18(24)10-13/h1-5,10,26H,6-9,11-12H2. The van der Waals surface area contributed by atoms with Crippen LogP contribution in [0.25, 0.3) is 0 Å². The van der Waals surface area contributed by atoms with Crippen molar-refractivity contribution in [2.75, 3.05) is 26.3 Å². The van der Waals surface area contributed by atoms with Crippen molar-refractivity contribution >= 4 is 52.3 Å². The molecule has 1 atom stereocenters. The number of amides is 1. The predicted molar refractivity (Wildman–Crippen MR) is 113 cm³/mol. The van der Waals surface area contributed by atoms with Crippen molar-refractivity contribution in [2.24, 2.45) is 0 Å². The van der Waals surface area contributed by atoms with Crippen molar-refractivity contribution < 1.29 is 14.6 Å². The van der Waals surface area contributed by atoms with E-state index in [4.69, 9.17) is 51.1 Å². The van der Waals surface area contributed by atoms with Crippen molar-refractivity contribution in [3.8, 4) is 0 Å². The van der Waals surface area contributed by atoms with E-state index in [1.54, 1.807) is 35.2 Å². The second-order valence-corrected chi connectivity index (χ2v) is 8.27. The molecule has 1 heterocycles. The number of ether oxygens (including phenoxy) is 1. The third-order valence-electron chi connectivity index (χ3n) is 4.89. The van der Waals surface area contributed by atoms with Crippen LogP contribution in [0.3, 0.4) is 0 Å². The highest BCUT2D eigenvalue weighted by Crippen LogP contribution is 2.37. The van der Waals surface area contributed by atoms with Gasteiger partial charge in [0.25, 0.3) is 0 Å². The summed E-state index contributed by atoms with van der Waals surface area (Å²) in [5.74, 6) is -0.110. The summed E-state index contributed by atoms with van der Waals surface area (Å²) >= 11 is 24.6. The number of nitrogens with zero attached hydrogens (tertiary/aromatic N) is 1. The molecule has 1 aliphatic heterocycles. The van der Waals surface area contributed by atoms with E-state index in [0.717, 1.165) is 5.56 Å². The number of carbonyl (C=O) groups excluding carboxylic acids is 1. The van der Waals surface area contributed by atoms with Crippen LogP contribution in [0.4, 0.5) is 0 Å². The predicted octanol–water partition coefficient (Wildman–Crippen LogP) is 4.98. The van der Waals surface area contributed by atoms with E-state index >= 15 is 0 Å². The van der Waals surface area contributed by atoms with Crippen LogP contribution in [-0.2, 0) is 21.6 Å². The number of aliphatic hydroxyl groups excluding tert-OH is 1. The molecule has 150 valence electrons. The van der Waals surface area contributed by atoms with Crippen molar-refractivity contribution in [2.45, 2.75) is 18.4 Å². The van der Waals surface area contributed by atoms with Gasteiger partial charge in [0.1, 0.15) is 5.60 Å². The SMILES string of the molecule is O=C(Cc1c(Cl)cccc1Cl)N1CCOC(CCO)(c2ccc(Cl)c(Cl)c2)C1. The smallest absolute Gasteiger partial charge is 0.227 e. The van der Waals surface area contributed by atoms with Gasteiger partial charge in [0, 0.05) is 29.6 Å². The zero-order valence-electron chi connectivity index (χ0n) is 14.9. The topological polar surface area (TPSA) is 49.8 Å². The average Bonchev–Trinajstić information content (AvgIpc) is 2.67. The van der Waals surface area contributed by atoms with Gasteiger partial charge in [0.05, 0.1) is 29.6 Å². The molecule has 1 fully saturated rings. The van der Waals surface area contributed by atoms with Crippen LogP contribution in [-0.4, -0.2) is 42.2 Å². The summed E-state index contributed by atoms with van der Waals surface area (Å²) in [5.41, 5.74) is 0.509. The van der Waals surface area contributed by atoms with Crippen LogP contribution < -0.4 is 0 Å². The number of benzene rings is 2. The highest BCUT2D eigenvalue weighted by molar-refractivity contribution is 6.42. The fourth-order valence-electron chi connectivity index (χ4n) is 3.39. The van der Waals surface area contributed by atoms with E-state index in [1.807, 2.05) is 6.07 Å². The largest absolute Gasteiger partial charge is 0.396 e. The van der Waals surface area contributed by atoms with Gasteiger partial charge in [-0.15, -0.1) is 0 Å². The summed E-state index contributed by atoms with van der Waals surface area (Å²) in [5, 5.41) is 11.4. The maximum Gasteiger partial charge on any atom is 0.227 e. The molecule has 1 unspecified atom stereocenters. The minimum Gasteiger partial charge on any atom is -0.396 e. The first-order valence-corrected chi connectivity index (χ1v) is 10.3. The van der Waals surface area contributed by atoms with Crippen LogP contribution in [0.2, 0.25) is 20.1 Å². The Morgan fingerprint density at radius 2 is 1.79 bits per heavy atom. The molecule has 0 aromatic heterocycles. The third kappa shape index (κ3) is 4.59.